The van der Waals surface area contributed by atoms with Gasteiger partial charge in [0.25, 0.3) is 0 Å². The molecule has 52 valence electrons. The molecule has 10 heavy (non-hydrogen) atoms. The third-order valence-electron chi connectivity index (χ3n) is 0.895. The Bertz CT molecular complexity index is 268. The van der Waals surface area contributed by atoms with Crippen LogP contribution in [0.15, 0.2) is 6.20 Å². The highest BCUT2D eigenvalue weighted by Crippen LogP contribution is 1.84. The van der Waals surface area contributed by atoms with Gasteiger partial charge in [-0.3, -0.25) is 0 Å². The van der Waals surface area contributed by atoms with Crippen molar-refractivity contribution in [3.63, 3.8) is 0 Å². The van der Waals surface area contributed by atoms with Crippen LogP contribution >= 0.6 is 0 Å². The van der Waals surface area contributed by atoms with Gasteiger partial charge in [0, 0.05) is 7.05 Å². The van der Waals surface area contributed by atoms with Gasteiger partial charge in [-0.25, -0.2) is 0 Å². The summed E-state index contributed by atoms with van der Waals surface area (Å²) in [6.45, 7) is -0.142. The molecule has 0 atom stereocenters. The minimum atomic E-state index is -0.142. The number of rotatable bonds is 0. The van der Waals surface area contributed by atoms with Gasteiger partial charge >= 0.3 is 0 Å². The van der Waals surface area contributed by atoms with E-state index in [1.165, 1.54) is 4.80 Å². The fourth-order valence-corrected chi connectivity index (χ4v) is 0.533. The molecule has 0 radical (unpaired) electrons. The maximum Gasteiger partial charge on any atom is 0.155 e. The van der Waals surface area contributed by atoms with Gasteiger partial charge in [-0.2, -0.15) is 9.90 Å². The Morgan fingerprint density at radius 3 is 3.10 bits per heavy atom. The van der Waals surface area contributed by atoms with Crippen molar-refractivity contribution in [2.45, 2.75) is 0 Å². The summed E-state index contributed by atoms with van der Waals surface area (Å²) in [4.78, 5) is 1.42. The van der Waals surface area contributed by atoms with Crippen LogP contribution in [-0.2, 0) is 7.05 Å². The standard InChI is InChI=1S/C6H7N3O/c1-9-7-5-6(8-9)3-2-4-10/h5,10H,4H2,1H3. The molecule has 0 aliphatic carbocycles. The molecule has 0 aromatic carbocycles. The van der Waals surface area contributed by atoms with Crippen LogP contribution in [0.25, 0.3) is 0 Å². The zero-order chi connectivity index (χ0) is 7.40. The molecule has 0 amide bonds. The van der Waals surface area contributed by atoms with Gasteiger partial charge in [0.2, 0.25) is 0 Å². The van der Waals surface area contributed by atoms with Crippen molar-refractivity contribution in [3.05, 3.63) is 11.9 Å². The summed E-state index contributed by atoms with van der Waals surface area (Å²) in [7, 11) is 1.71. The number of hydrogen-bond donors (Lipinski definition) is 1. The highest BCUT2D eigenvalue weighted by Gasteiger charge is 1.88. The first-order chi connectivity index (χ1) is 4.83. The van der Waals surface area contributed by atoms with Crippen LogP contribution in [0.1, 0.15) is 5.69 Å². The molecule has 1 aromatic heterocycles. The summed E-state index contributed by atoms with van der Waals surface area (Å²) in [5.74, 6) is 5.09. The zero-order valence-corrected chi connectivity index (χ0v) is 5.57. The first kappa shape index (κ1) is 6.78. The maximum absolute atomic E-state index is 8.31. The second-order valence-corrected chi connectivity index (χ2v) is 1.68. The Balaban J connectivity index is 2.76. The van der Waals surface area contributed by atoms with E-state index in [2.05, 4.69) is 22.0 Å². The van der Waals surface area contributed by atoms with Gasteiger partial charge < -0.3 is 5.11 Å². The van der Waals surface area contributed by atoms with Crippen LogP contribution in [0.3, 0.4) is 0 Å². The van der Waals surface area contributed by atoms with E-state index in [0.29, 0.717) is 5.69 Å². The molecule has 1 aromatic rings. The largest absolute Gasteiger partial charge is 0.384 e. The quantitative estimate of drug-likeness (QED) is 0.474. The van der Waals surface area contributed by atoms with Gasteiger partial charge in [0.15, 0.2) is 5.69 Å². The average molecular weight is 137 g/mol. The summed E-state index contributed by atoms with van der Waals surface area (Å²) in [5.41, 5.74) is 0.580. The Hall–Kier alpha value is -1.34. The Morgan fingerprint density at radius 2 is 2.60 bits per heavy atom. The summed E-state index contributed by atoms with van der Waals surface area (Å²) < 4.78 is 0. The first-order valence-corrected chi connectivity index (χ1v) is 2.79. The van der Waals surface area contributed by atoms with Gasteiger partial charge in [-0.05, 0) is 5.92 Å². The van der Waals surface area contributed by atoms with Crippen LogP contribution in [0.4, 0.5) is 0 Å². The Labute approximate surface area is 58.5 Å². The molecule has 1 rings (SSSR count). The van der Waals surface area contributed by atoms with E-state index in [1.54, 1.807) is 13.2 Å². The van der Waals surface area contributed by atoms with E-state index in [-0.39, 0.29) is 6.61 Å². The molecule has 1 heterocycles. The van der Waals surface area contributed by atoms with Crippen molar-refractivity contribution >= 4 is 0 Å². The van der Waals surface area contributed by atoms with Crippen molar-refractivity contribution in [1.82, 2.24) is 15.0 Å². The second kappa shape index (κ2) is 2.99. The van der Waals surface area contributed by atoms with Crippen molar-refractivity contribution in [3.8, 4) is 11.8 Å². The summed E-state index contributed by atoms with van der Waals surface area (Å²) in [6, 6.07) is 0. The number of hydrogen-bond acceptors (Lipinski definition) is 3. The van der Waals surface area contributed by atoms with E-state index >= 15 is 0 Å². The molecule has 0 bridgehead atoms. The Morgan fingerprint density at radius 1 is 1.80 bits per heavy atom. The van der Waals surface area contributed by atoms with Crippen molar-refractivity contribution in [2.75, 3.05) is 6.61 Å². The number of aromatic nitrogens is 3. The number of aryl methyl sites for hydroxylation is 1. The highest BCUT2D eigenvalue weighted by atomic mass is 16.2. The second-order valence-electron chi connectivity index (χ2n) is 1.68. The maximum atomic E-state index is 8.31. The molecule has 0 saturated heterocycles. The predicted molar refractivity (Wildman–Crippen MR) is 35.0 cm³/mol. The fraction of sp³-hybridized carbons (Fsp3) is 0.333. The molecule has 0 aliphatic rings. The Kier molecular flexibility index (Phi) is 2.03. The first-order valence-electron chi connectivity index (χ1n) is 2.79. The minimum Gasteiger partial charge on any atom is -0.384 e. The lowest BCUT2D eigenvalue weighted by atomic mass is 10.5. The average Bonchev–Trinajstić information content (AvgIpc) is 2.31. The monoisotopic (exact) mass is 137 g/mol. The minimum absolute atomic E-state index is 0.142. The zero-order valence-electron chi connectivity index (χ0n) is 5.57. The third kappa shape index (κ3) is 1.57. The molecule has 0 unspecified atom stereocenters. The number of aliphatic hydroxyl groups is 1. The van der Waals surface area contributed by atoms with Crippen LogP contribution in [0, 0.1) is 11.8 Å². The van der Waals surface area contributed by atoms with Crippen LogP contribution in [-0.4, -0.2) is 26.7 Å². The summed E-state index contributed by atoms with van der Waals surface area (Å²) >= 11 is 0. The molecule has 0 spiro atoms. The van der Waals surface area contributed by atoms with Crippen LogP contribution < -0.4 is 0 Å². The van der Waals surface area contributed by atoms with E-state index < -0.39 is 0 Å². The van der Waals surface area contributed by atoms with Crippen LogP contribution in [0.5, 0.6) is 0 Å². The summed E-state index contributed by atoms with van der Waals surface area (Å²) in [5, 5.41) is 16.0. The van der Waals surface area contributed by atoms with E-state index in [1.807, 2.05) is 0 Å². The molecular weight excluding hydrogens is 130 g/mol. The lowest BCUT2D eigenvalue weighted by molar-refractivity contribution is 0.350. The van der Waals surface area contributed by atoms with Gasteiger partial charge in [0.05, 0.1) is 6.20 Å². The molecule has 0 aliphatic heterocycles. The topological polar surface area (TPSA) is 50.9 Å². The molecule has 4 nitrogen and oxygen atoms in total. The van der Waals surface area contributed by atoms with Gasteiger partial charge in [0.1, 0.15) is 6.61 Å². The number of aliphatic hydroxyl groups excluding tert-OH is 1. The lowest BCUT2D eigenvalue weighted by Gasteiger charge is -1.77. The fourth-order valence-electron chi connectivity index (χ4n) is 0.533. The predicted octanol–water partition coefficient (Wildman–Crippen LogP) is -0.841. The smallest absolute Gasteiger partial charge is 0.155 e. The summed E-state index contributed by atoms with van der Waals surface area (Å²) in [6.07, 6.45) is 1.54. The van der Waals surface area contributed by atoms with E-state index in [9.17, 15) is 0 Å². The molecule has 1 N–H and O–H groups in total. The van der Waals surface area contributed by atoms with Gasteiger partial charge in [-0.15, -0.1) is 5.10 Å². The van der Waals surface area contributed by atoms with Crippen molar-refractivity contribution in [1.29, 1.82) is 0 Å². The van der Waals surface area contributed by atoms with E-state index in [4.69, 9.17) is 5.11 Å². The molecular formula is C6H7N3O. The lowest BCUT2D eigenvalue weighted by Crippen LogP contribution is -1.91. The SMILES string of the molecule is Cn1ncc(C#CCO)n1. The molecule has 0 saturated carbocycles. The normalized spacial score (nSPS) is 8.60. The van der Waals surface area contributed by atoms with E-state index in [0.717, 1.165) is 0 Å². The van der Waals surface area contributed by atoms with Crippen LogP contribution in [0.2, 0.25) is 0 Å². The number of nitrogens with zero attached hydrogens (tertiary/aromatic N) is 3. The third-order valence-corrected chi connectivity index (χ3v) is 0.895. The van der Waals surface area contributed by atoms with Gasteiger partial charge in [-0.1, -0.05) is 5.92 Å². The van der Waals surface area contributed by atoms with Crippen molar-refractivity contribution < 1.29 is 5.11 Å². The molecule has 4 heteroatoms. The van der Waals surface area contributed by atoms with Crippen molar-refractivity contribution in [2.24, 2.45) is 7.05 Å². The highest BCUT2D eigenvalue weighted by molar-refractivity contribution is 5.23. The molecule has 0 fully saturated rings.